The van der Waals surface area contributed by atoms with Crippen molar-refractivity contribution < 1.29 is 82.6 Å². The van der Waals surface area contributed by atoms with E-state index in [0.29, 0.717) is 117 Å². The summed E-state index contributed by atoms with van der Waals surface area (Å²) >= 11 is 1.55. The van der Waals surface area contributed by atoms with Gasteiger partial charge in [0, 0.05) is 128 Å². The van der Waals surface area contributed by atoms with Gasteiger partial charge >= 0.3 is 12.1 Å². The van der Waals surface area contributed by atoms with E-state index in [1.807, 2.05) is 188 Å². The lowest BCUT2D eigenvalue weighted by atomic mass is 10.1. The van der Waals surface area contributed by atoms with Crippen LogP contribution in [0, 0.1) is 0 Å². The number of nitrogens with one attached hydrogen (secondary N) is 7. The fourth-order valence-electron chi connectivity index (χ4n) is 10.9. The summed E-state index contributed by atoms with van der Waals surface area (Å²) in [5.74, 6) is 2.13. The highest BCUT2D eigenvalue weighted by Crippen LogP contribution is 2.16. The number of aliphatic hydroxyl groups is 5. The monoisotopic (exact) mass is 1960 g/mol. The van der Waals surface area contributed by atoms with Crippen LogP contribution in [0.25, 0.3) is 0 Å². The molecule has 3 aromatic carbocycles. The molecule has 0 aliphatic carbocycles. The number of thioether (sulfide) groups is 1. The summed E-state index contributed by atoms with van der Waals surface area (Å²) in [6.45, 7) is 30.7. The van der Waals surface area contributed by atoms with E-state index in [1.54, 1.807) is 61.2 Å². The molecule has 12 N–H and O–H groups in total. The predicted octanol–water partition coefficient (Wildman–Crippen LogP) is 17.5. The van der Waals surface area contributed by atoms with Crippen LogP contribution in [-0.2, 0) is 81.9 Å². The maximum absolute atomic E-state index is 11.4. The minimum atomic E-state index is -0.598. The lowest BCUT2D eigenvalue weighted by Crippen LogP contribution is -2.35. The van der Waals surface area contributed by atoms with Crippen molar-refractivity contribution in [2.45, 2.75) is 253 Å². The van der Waals surface area contributed by atoms with Gasteiger partial charge in [-0.2, -0.15) is 0 Å². The number of pyridine rings is 6. The average Bonchev–Trinajstić information content (AvgIpc) is 1.01. The number of ether oxygens (including phenoxy) is 8. The van der Waals surface area contributed by atoms with Crippen molar-refractivity contribution in [3.8, 4) is 5.88 Å². The Morgan fingerprint density at radius 2 is 0.671 bits per heavy atom. The van der Waals surface area contributed by atoms with Crippen LogP contribution in [0.15, 0.2) is 243 Å². The van der Waals surface area contributed by atoms with E-state index in [-0.39, 0.29) is 37.1 Å². The third kappa shape index (κ3) is 83.3. The lowest BCUT2D eigenvalue weighted by molar-refractivity contribution is -0.121. The third-order valence-corrected chi connectivity index (χ3v) is 20.0. The van der Waals surface area contributed by atoms with E-state index in [4.69, 9.17) is 37.9 Å². The van der Waals surface area contributed by atoms with Crippen molar-refractivity contribution in [3.05, 3.63) is 271 Å². The first-order chi connectivity index (χ1) is 68.4. The minimum Gasteiger partial charge on any atom is -0.475 e. The van der Waals surface area contributed by atoms with E-state index >= 15 is 0 Å². The lowest BCUT2D eigenvalue weighted by Gasteiger charge is -2.12. The van der Waals surface area contributed by atoms with E-state index in [9.17, 15) is 44.7 Å². The number of benzene rings is 3. The first-order valence-corrected chi connectivity index (χ1v) is 51.0. The van der Waals surface area contributed by atoms with Crippen molar-refractivity contribution in [1.82, 2.24) is 61.8 Å². The van der Waals surface area contributed by atoms with Gasteiger partial charge in [-0.15, -0.1) is 11.8 Å². The number of anilines is 1. The van der Waals surface area contributed by atoms with Crippen LogP contribution < -0.4 is 42.0 Å². The average molecular weight is 1970 g/mol. The molecule has 140 heavy (non-hydrogen) atoms. The number of nitrogens with zero attached hydrogens (tertiary/aromatic N) is 6. The summed E-state index contributed by atoms with van der Waals surface area (Å²) in [6, 6.07) is 61.2. The Morgan fingerprint density at radius 1 is 0.307 bits per heavy atom. The Kier molecular flexibility index (Phi) is 87.5. The standard InChI is InChI=1S/C14H22O3.C13H21NO3.C12H20N2O2.C12H18N2O.C12H19NO3.C12H19NO2S.C12H17NO.C11H17N3O.C11H16N2O/c1-2-3-9-16-11-14(15)12-17-10-13-7-5-4-6-8-13;1-2-3-8-16-10-13(15)11-17-9-12-6-4-5-7-14-12;1-2-3-8-16-10-11(15)9-14-12-6-4-5-7-13-12;1-2-3-9-13-12(15)14-10-11-7-5-4-6-8-11;2*1-2-3-8-15-9-11(14)10-16-12-6-4-5-7-13-12;1-2-3-9-13-12(14)10-11-7-5-4-6-8-11;1-2-3-7-13-11(15)14-9-10-6-4-5-8-12-10;1-2-3-6-13-11(14)9-10-4-7-12-8-5-10/h4-8,14-15H,2-3,9-12H2,1H3;4-7,13,15H,2-3,8-11H2,1H3;4-7,11,15H,2-3,8-10H2,1H3,(H,13,14);4-8H,2-3,9-10H2,1H3,(H2,13,14,15);2*4-7,11,14H,2-3,8-10H2,1H3;4-8H,2-3,9-10H2,1H3,(H,13,14);4-6,8H,2-3,7,9H2,1H3,(H2,13,14,15);4-5,7-8H,2-3,6,9H2,1H3,(H,13,14). The molecule has 0 saturated carbocycles. The number of hydrogen-bond acceptors (Lipinski definition) is 25. The summed E-state index contributed by atoms with van der Waals surface area (Å²) in [6.07, 6.45) is 29.6. The van der Waals surface area contributed by atoms with Gasteiger partial charge in [0.2, 0.25) is 17.7 Å². The summed E-state index contributed by atoms with van der Waals surface area (Å²) in [4.78, 5) is 69.6. The molecule has 0 aliphatic rings. The molecule has 5 atom stereocenters. The number of carbonyl (C=O) groups is 4. The molecule has 30 nitrogen and oxygen atoms in total. The third-order valence-electron chi connectivity index (χ3n) is 18.9. The Balaban J connectivity index is 0.000000788. The maximum Gasteiger partial charge on any atom is 0.315 e. The van der Waals surface area contributed by atoms with Gasteiger partial charge in [-0.3, -0.25) is 24.5 Å². The molecule has 0 radical (unpaired) electrons. The van der Waals surface area contributed by atoms with Crippen molar-refractivity contribution in [1.29, 1.82) is 0 Å². The first kappa shape index (κ1) is 128. The minimum absolute atomic E-state index is 0.0876. The molecular formula is C109H169N13O17S. The van der Waals surface area contributed by atoms with Crippen LogP contribution in [-0.4, -0.2) is 234 Å². The summed E-state index contributed by atoms with van der Waals surface area (Å²) in [7, 11) is 0. The highest BCUT2D eigenvalue weighted by molar-refractivity contribution is 7.99. The number of rotatable bonds is 62. The molecule has 0 bridgehead atoms. The van der Waals surface area contributed by atoms with Crippen molar-refractivity contribution in [2.24, 2.45) is 0 Å². The molecule has 0 saturated heterocycles. The van der Waals surface area contributed by atoms with Gasteiger partial charge in [0.1, 0.15) is 30.7 Å². The first-order valence-electron chi connectivity index (χ1n) is 50.0. The van der Waals surface area contributed by atoms with Crippen LogP contribution in [0.4, 0.5) is 15.4 Å². The van der Waals surface area contributed by atoms with Gasteiger partial charge in [0.25, 0.3) is 0 Å². The van der Waals surface area contributed by atoms with Gasteiger partial charge in [-0.05, 0) is 147 Å². The van der Waals surface area contributed by atoms with Crippen molar-refractivity contribution in [2.75, 3.05) is 130 Å². The van der Waals surface area contributed by atoms with Crippen molar-refractivity contribution >= 4 is 41.5 Å². The summed E-state index contributed by atoms with van der Waals surface area (Å²) in [5, 5.41) is 68.8. The van der Waals surface area contributed by atoms with Gasteiger partial charge in [0.05, 0.1) is 107 Å². The van der Waals surface area contributed by atoms with E-state index in [2.05, 4.69) is 129 Å². The molecule has 778 valence electrons. The Labute approximate surface area is 840 Å². The van der Waals surface area contributed by atoms with Crippen LogP contribution in [0.1, 0.15) is 212 Å². The van der Waals surface area contributed by atoms with E-state index in [0.717, 1.165) is 199 Å². The van der Waals surface area contributed by atoms with E-state index in [1.165, 1.54) is 0 Å². The largest absolute Gasteiger partial charge is 0.475 e. The molecule has 6 heterocycles. The second-order valence-electron chi connectivity index (χ2n) is 32.1. The van der Waals surface area contributed by atoms with Crippen molar-refractivity contribution in [3.63, 3.8) is 0 Å². The van der Waals surface area contributed by atoms with E-state index < -0.39 is 30.5 Å². The zero-order valence-electron chi connectivity index (χ0n) is 85.0. The maximum atomic E-state index is 11.4. The smallest absolute Gasteiger partial charge is 0.315 e. The molecule has 31 heteroatoms. The van der Waals surface area contributed by atoms with Crippen LogP contribution in [0.2, 0.25) is 0 Å². The zero-order valence-corrected chi connectivity index (χ0v) is 85.9. The van der Waals surface area contributed by atoms with Gasteiger partial charge in [-0.1, -0.05) is 241 Å². The van der Waals surface area contributed by atoms with Crippen LogP contribution in [0.3, 0.4) is 0 Å². The number of unbranched alkanes of at least 4 members (excludes halogenated alkanes) is 9. The molecule has 6 aromatic heterocycles. The number of aromatic nitrogens is 6. The Bertz CT molecular complexity index is 3850. The molecule has 0 fully saturated rings. The van der Waals surface area contributed by atoms with Gasteiger partial charge in [0.15, 0.2) is 0 Å². The zero-order chi connectivity index (χ0) is 102. The summed E-state index contributed by atoms with van der Waals surface area (Å²) in [5.41, 5.74) is 6.04. The van der Waals surface area contributed by atoms with Crippen LogP contribution in [0.5, 0.6) is 5.88 Å². The van der Waals surface area contributed by atoms with Gasteiger partial charge in [-0.25, -0.2) is 24.5 Å². The number of amides is 6. The highest BCUT2D eigenvalue weighted by atomic mass is 32.2. The Hall–Kier alpha value is -10.5. The predicted molar refractivity (Wildman–Crippen MR) is 561 cm³/mol. The van der Waals surface area contributed by atoms with Crippen LogP contribution >= 0.6 is 11.8 Å². The quantitative estimate of drug-likeness (QED) is 0.0124. The summed E-state index contributed by atoms with van der Waals surface area (Å²) < 4.78 is 42.6. The number of hydrogen-bond donors (Lipinski definition) is 12. The SMILES string of the molecule is CCCCNC(=O)Cc1ccccc1.CCCCNC(=O)Cc1ccncc1.CCCCNC(=O)NCc1ccccc1.CCCCNC(=O)NCc1ccccn1.CCCCOCC(O)CNc1ccccn1.CCCCOCC(O)COCc1ccccc1.CCCCOCC(O)COCc1ccccn1.CCCCOCC(O)COc1ccccn1.CCCCOCC(O)CSc1ccccn1. The Morgan fingerprint density at radius 3 is 1.10 bits per heavy atom. The number of aliphatic hydroxyl groups excluding tert-OH is 5. The molecule has 9 aromatic rings. The molecule has 6 amide bonds. The highest BCUT2D eigenvalue weighted by Gasteiger charge is 2.12. The molecule has 0 aliphatic heterocycles. The molecule has 5 unspecified atom stereocenters. The molecule has 0 spiro atoms. The second-order valence-corrected chi connectivity index (χ2v) is 33.2. The normalized spacial score (nSPS) is 11.4. The fraction of sp³-hybridized carbons (Fsp3) is 0.523. The topological polar surface area (TPSA) is 405 Å². The molecular weight excluding hydrogens is 1800 g/mol. The number of carbonyl (C=O) groups excluding carboxylic acids is 4. The second kappa shape index (κ2) is 96.0. The van der Waals surface area contributed by atoms with Gasteiger partial charge < -0.3 is 101 Å². The number of urea groups is 2. The molecule has 9 rings (SSSR count). The fourth-order valence-corrected chi connectivity index (χ4v) is 11.7.